The summed E-state index contributed by atoms with van der Waals surface area (Å²) in [7, 11) is 0. The van der Waals surface area contributed by atoms with Gasteiger partial charge >= 0.3 is 0 Å². The fraction of sp³-hybridized carbons (Fsp3) is 0.250. The van der Waals surface area contributed by atoms with Gasteiger partial charge in [-0.2, -0.15) is 4.98 Å². The third kappa shape index (κ3) is 5.21. The average molecular weight is 386 g/mol. The molecule has 2 heterocycles. The van der Waals surface area contributed by atoms with E-state index >= 15 is 0 Å². The Balaban J connectivity index is 1.32. The minimum atomic E-state index is 0.795. The first-order valence-corrected chi connectivity index (χ1v) is 10.1. The maximum Gasteiger partial charge on any atom is 0.227 e. The van der Waals surface area contributed by atoms with Gasteiger partial charge < -0.3 is 10.2 Å². The topological polar surface area (TPSA) is 44.3 Å². The minimum absolute atomic E-state index is 0.795. The number of nitrogens with one attached hydrogen (secondary N) is 1. The van der Waals surface area contributed by atoms with E-state index in [0.29, 0.717) is 0 Å². The summed E-state index contributed by atoms with van der Waals surface area (Å²) in [5.74, 6) is 1.63. The van der Waals surface area contributed by atoms with E-state index in [1.807, 2.05) is 30.5 Å². The molecule has 1 aromatic heterocycles. The Morgan fingerprint density at radius 2 is 1.69 bits per heavy atom. The molecule has 29 heavy (non-hydrogen) atoms. The number of aryl methyl sites for hydroxylation is 1. The van der Waals surface area contributed by atoms with Crippen LogP contribution in [0.4, 0.5) is 17.5 Å². The lowest BCUT2D eigenvalue weighted by Gasteiger charge is -2.34. The largest absolute Gasteiger partial charge is 0.340 e. The van der Waals surface area contributed by atoms with Crippen LogP contribution in [-0.2, 0) is 0 Å². The van der Waals surface area contributed by atoms with Crippen LogP contribution >= 0.6 is 0 Å². The second kappa shape index (κ2) is 9.34. The van der Waals surface area contributed by atoms with Crippen molar-refractivity contribution in [3.05, 3.63) is 84.1 Å². The van der Waals surface area contributed by atoms with Gasteiger partial charge in [0.1, 0.15) is 5.82 Å². The van der Waals surface area contributed by atoms with Gasteiger partial charge in [0.2, 0.25) is 5.95 Å². The van der Waals surface area contributed by atoms with Gasteiger partial charge in [-0.25, -0.2) is 4.98 Å². The van der Waals surface area contributed by atoms with Crippen molar-refractivity contribution in [1.82, 2.24) is 14.9 Å². The van der Waals surface area contributed by atoms with Gasteiger partial charge in [-0.15, -0.1) is 0 Å². The Kier molecular flexibility index (Phi) is 6.17. The maximum absolute atomic E-state index is 4.73. The first-order valence-electron chi connectivity index (χ1n) is 10.1. The highest BCUT2D eigenvalue weighted by Gasteiger charge is 2.18. The second-order valence-electron chi connectivity index (χ2n) is 7.28. The third-order valence-electron chi connectivity index (χ3n) is 5.18. The van der Waals surface area contributed by atoms with Crippen LogP contribution in [0.25, 0.3) is 6.08 Å². The first-order chi connectivity index (χ1) is 14.3. The monoisotopic (exact) mass is 385 g/mol. The van der Waals surface area contributed by atoms with Crippen LogP contribution in [0.3, 0.4) is 0 Å². The Bertz CT molecular complexity index is 946. The van der Waals surface area contributed by atoms with Crippen molar-refractivity contribution in [1.29, 1.82) is 0 Å². The number of hydrogen-bond acceptors (Lipinski definition) is 5. The maximum atomic E-state index is 4.73. The van der Waals surface area contributed by atoms with E-state index in [9.17, 15) is 0 Å². The summed E-state index contributed by atoms with van der Waals surface area (Å²) in [6, 6.07) is 20.6. The molecule has 0 atom stereocenters. The molecule has 5 nitrogen and oxygen atoms in total. The molecule has 1 saturated heterocycles. The second-order valence-corrected chi connectivity index (χ2v) is 7.28. The molecule has 0 aliphatic carbocycles. The Morgan fingerprint density at radius 3 is 2.48 bits per heavy atom. The lowest BCUT2D eigenvalue weighted by atomic mass is 10.2. The predicted molar refractivity (Wildman–Crippen MR) is 121 cm³/mol. The van der Waals surface area contributed by atoms with Gasteiger partial charge in [0.05, 0.1) is 0 Å². The van der Waals surface area contributed by atoms with Gasteiger partial charge in [0.25, 0.3) is 0 Å². The summed E-state index contributed by atoms with van der Waals surface area (Å²) in [5, 5.41) is 3.41. The number of nitrogens with zero attached hydrogens (tertiary/aromatic N) is 4. The van der Waals surface area contributed by atoms with Gasteiger partial charge in [-0.1, -0.05) is 60.7 Å². The molecule has 0 radical (unpaired) electrons. The quantitative estimate of drug-likeness (QED) is 0.683. The average Bonchev–Trinajstić information content (AvgIpc) is 2.77. The highest BCUT2D eigenvalue weighted by atomic mass is 15.3. The number of piperazine rings is 1. The van der Waals surface area contributed by atoms with Crippen molar-refractivity contribution >= 4 is 23.5 Å². The van der Waals surface area contributed by atoms with Gasteiger partial charge in [0.15, 0.2) is 0 Å². The molecule has 1 fully saturated rings. The Hall–Kier alpha value is -3.18. The van der Waals surface area contributed by atoms with E-state index in [4.69, 9.17) is 4.98 Å². The molecule has 148 valence electrons. The van der Waals surface area contributed by atoms with Crippen molar-refractivity contribution in [3.8, 4) is 0 Å². The molecule has 1 aliphatic heterocycles. The zero-order valence-corrected chi connectivity index (χ0v) is 16.8. The van der Waals surface area contributed by atoms with Crippen LogP contribution in [0.1, 0.15) is 11.1 Å². The van der Waals surface area contributed by atoms with Crippen LogP contribution in [0.5, 0.6) is 0 Å². The fourth-order valence-electron chi connectivity index (χ4n) is 3.45. The molecule has 4 rings (SSSR count). The molecular weight excluding hydrogens is 358 g/mol. The number of aromatic nitrogens is 2. The third-order valence-corrected chi connectivity index (χ3v) is 5.18. The predicted octanol–water partition coefficient (Wildman–Crippen LogP) is 4.36. The molecule has 0 spiro atoms. The van der Waals surface area contributed by atoms with Crippen molar-refractivity contribution < 1.29 is 0 Å². The molecule has 2 aromatic carbocycles. The van der Waals surface area contributed by atoms with Crippen LogP contribution < -0.4 is 10.2 Å². The number of para-hydroxylation sites is 1. The summed E-state index contributed by atoms with van der Waals surface area (Å²) >= 11 is 0. The van der Waals surface area contributed by atoms with E-state index in [-0.39, 0.29) is 0 Å². The normalized spacial score (nSPS) is 15.0. The molecule has 1 N–H and O–H groups in total. The van der Waals surface area contributed by atoms with Crippen molar-refractivity contribution in [2.24, 2.45) is 0 Å². The molecule has 0 amide bonds. The van der Waals surface area contributed by atoms with E-state index in [1.165, 1.54) is 11.1 Å². The molecular formula is C24H27N5. The van der Waals surface area contributed by atoms with Crippen LogP contribution in [-0.4, -0.2) is 47.6 Å². The lowest BCUT2D eigenvalue weighted by Crippen LogP contribution is -2.46. The fourth-order valence-corrected chi connectivity index (χ4v) is 3.45. The summed E-state index contributed by atoms with van der Waals surface area (Å²) in [5.41, 5.74) is 3.52. The van der Waals surface area contributed by atoms with E-state index in [1.54, 1.807) is 0 Å². The minimum Gasteiger partial charge on any atom is -0.340 e. The van der Waals surface area contributed by atoms with E-state index in [0.717, 1.165) is 50.2 Å². The number of hydrogen-bond donors (Lipinski definition) is 1. The Morgan fingerprint density at radius 1 is 0.931 bits per heavy atom. The highest BCUT2D eigenvalue weighted by Crippen LogP contribution is 2.20. The number of rotatable bonds is 6. The smallest absolute Gasteiger partial charge is 0.227 e. The molecule has 1 aliphatic rings. The summed E-state index contributed by atoms with van der Waals surface area (Å²) < 4.78 is 0. The van der Waals surface area contributed by atoms with Gasteiger partial charge in [0, 0.05) is 44.6 Å². The van der Waals surface area contributed by atoms with E-state index < -0.39 is 0 Å². The molecule has 5 heteroatoms. The zero-order chi connectivity index (χ0) is 19.9. The summed E-state index contributed by atoms with van der Waals surface area (Å²) in [6.07, 6.45) is 6.27. The van der Waals surface area contributed by atoms with Crippen molar-refractivity contribution in [2.75, 3.05) is 42.9 Å². The number of anilines is 3. The van der Waals surface area contributed by atoms with Gasteiger partial charge in [-0.05, 0) is 30.2 Å². The SMILES string of the molecule is Cc1ccccc1Nc1ccnc(N2CCN(C/C=C/c3ccccc3)CC2)n1. The molecule has 0 bridgehead atoms. The zero-order valence-electron chi connectivity index (χ0n) is 16.8. The lowest BCUT2D eigenvalue weighted by molar-refractivity contribution is 0.283. The van der Waals surface area contributed by atoms with Crippen molar-refractivity contribution in [3.63, 3.8) is 0 Å². The molecule has 0 saturated carbocycles. The van der Waals surface area contributed by atoms with Gasteiger partial charge in [-0.3, -0.25) is 4.90 Å². The molecule has 0 unspecified atom stereocenters. The van der Waals surface area contributed by atoms with Crippen LogP contribution in [0.2, 0.25) is 0 Å². The van der Waals surface area contributed by atoms with E-state index in [2.05, 4.69) is 75.6 Å². The summed E-state index contributed by atoms with van der Waals surface area (Å²) in [6.45, 7) is 6.96. The standard InChI is InChI=1S/C24H27N5/c1-20-8-5-6-12-22(20)26-23-13-14-25-24(27-23)29-18-16-28(17-19-29)15-7-11-21-9-3-2-4-10-21/h2-14H,15-19H2,1H3,(H,25,26,27)/b11-7+. The Labute approximate surface area is 172 Å². The summed E-state index contributed by atoms with van der Waals surface area (Å²) in [4.78, 5) is 14.0. The van der Waals surface area contributed by atoms with Crippen LogP contribution in [0, 0.1) is 6.92 Å². The van der Waals surface area contributed by atoms with Crippen molar-refractivity contribution in [2.45, 2.75) is 6.92 Å². The number of benzene rings is 2. The molecule has 3 aromatic rings. The highest BCUT2D eigenvalue weighted by molar-refractivity contribution is 5.60. The van der Waals surface area contributed by atoms with Crippen LogP contribution in [0.15, 0.2) is 72.9 Å². The first kappa shape index (κ1) is 19.2.